The second kappa shape index (κ2) is 9.16. The molecule has 6 heteroatoms. The van der Waals surface area contributed by atoms with Crippen LogP contribution in [-0.4, -0.2) is 43.7 Å². The van der Waals surface area contributed by atoms with Gasteiger partial charge in [0.25, 0.3) is 0 Å². The Morgan fingerprint density at radius 1 is 1.27 bits per heavy atom. The molecule has 1 aromatic heterocycles. The highest BCUT2D eigenvalue weighted by atomic mass is 32.1. The van der Waals surface area contributed by atoms with Gasteiger partial charge in [0.15, 0.2) is 5.96 Å². The normalized spacial score (nSPS) is 17.4. The van der Waals surface area contributed by atoms with Crippen LogP contribution in [0.15, 0.2) is 46.8 Å². The average Bonchev–Trinajstić information content (AvgIpc) is 3.17. The number of hydrogen-bond acceptors (Lipinski definition) is 4. The smallest absolute Gasteiger partial charge is 0.193 e. The third kappa shape index (κ3) is 5.06. The maximum Gasteiger partial charge on any atom is 0.193 e. The van der Waals surface area contributed by atoms with E-state index in [9.17, 15) is 0 Å². The first-order valence-corrected chi connectivity index (χ1v) is 10.0. The van der Waals surface area contributed by atoms with Crippen LogP contribution in [-0.2, 0) is 4.74 Å². The van der Waals surface area contributed by atoms with Crippen molar-refractivity contribution in [2.75, 3.05) is 38.2 Å². The van der Waals surface area contributed by atoms with Crippen molar-refractivity contribution in [1.82, 2.24) is 4.90 Å². The highest BCUT2D eigenvalue weighted by molar-refractivity contribution is 7.10. The number of hydrogen-bond donors (Lipinski definition) is 2. The maximum absolute atomic E-state index is 6.16. The molecule has 1 atom stereocenters. The Hall–Kier alpha value is -1.89. The molecule has 1 aliphatic rings. The van der Waals surface area contributed by atoms with Crippen LogP contribution in [0.1, 0.15) is 36.2 Å². The molecule has 140 valence electrons. The zero-order valence-corrected chi connectivity index (χ0v) is 16.3. The standard InChI is InChI=1S/C20H28N4OS/c1-15(2)16-5-3-6-17(13-16)23-20(21)22-14-18(19-7-4-12-26-19)24-8-10-25-11-9-24/h3-7,12-13,15,18H,8-11,14H2,1-2H3,(H3,21,22,23). The fourth-order valence-electron chi connectivity index (χ4n) is 3.10. The molecule has 3 rings (SSSR count). The minimum atomic E-state index is 0.251. The first kappa shape index (κ1) is 18.9. The van der Waals surface area contributed by atoms with Crippen molar-refractivity contribution in [2.24, 2.45) is 10.7 Å². The lowest BCUT2D eigenvalue weighted by Crippen LogP contribution is -2.40. The van der Waals surface area contributed by atoms with E-state index in [2.05, 4.69) is 58.7 Å². The van der Waals surface area contributed by atoms with Gasteiger partial charge in [-0.05, 0) is 35.1 Å². The van der Waals surface area contributed by atoms with Gasteiger partial charge in [-0.2, -0.15) is 0 Å². The van der Waals surface area contributed by atoms with Gasteiger partial charge in [0, 0.05) is 23.7 Å². The quantitative estimate of drug-likeness (QED) is 0.600. The van der Waals surface area contributed by atoms with Crippen LogP contribution >= 0.6 is 11.3 Å². The molecule has 0 saturated carbocycles. The molecule has 0 spiro atoms. The van der Waals surface area contributed by atoms with Gasteiger partial charge in [0.2, 0.25) is 0 Å². The molecule has 1 unspecified atom stereocenters. The summed E-state index contributed by atoms with van der Waals surface area (Å²) in [5.41, 5.74) is 8.43. The Kier molecular flexibility index (Phi) is 6.66. The summed E-state index contributed by atoms with van der Waals surface area (Å²) in [5.74, 6) is 0.945. The summed E-state index contributed by atoms with van der Waals surface area (Å²) in [4.78, 5) is 8.39. The molecule has 3 N–H and O–H groups in total. The van der Waals surface area contributed by atoms with E-state index in [1.807, 2.05) is 12.1 Å². The fraction of sp³-hybridized carbons (Fsp3) is 0.450. The summed E-state index contributed by atoms with van der Waals surface area (Å²) >= 11 is 1.77. The van der Waals surface area contributed by atoms with E-state index in [1.54, 1.807) is 11.3 Å². The minimum absolute atomic E-state index is 0.251. The number of ether oxygens (including phenoxy) is 1. The van der Waals surface area contributed by atoms with Gasteiger partial charge in [-0.15, -0.1) is 11.3 Å². The molecule has 1 aromatic carbocycles. The number of thiophene rings is 1. The molecule has 26 heavy (non-hydrogen) atoms. The number of aliphatic imine (C=N–C) groups is 1. The second-order valence-electron chi connectivity index (χ2n) is 6.81. The van der Waals surface area contributed by atoms with E-state index < -0.39 is 0 Å². The number of rotatable bonds is 6. The zero-order chi connectivity index (χ0) is 18.4. The average molecular weight is 373 g/mol. The number of morpholine rings is 1. The van der Waals surface area contributed by atoms with Crippen molar-refractivity contribution in [3.63, 3.8) is 0 Å². The summed E-state index contributed by atoms with van der Waals surface area (Å²) in [6.07, 6.45) is 0. The highest BCUT2D eigenvalue weighted by Gasteiger charge is 2.23. The molecule has 0 bridgehead atoms. The highest BCUT2D eigenvalue weighted by Crippen LogP contribution is 2.26. The van der Waals surface area contributed by atoms with Crippen LogP contribution in [0, 0.1) is 0 Å². The molecule has 1 saturated heterocycles. The first-order chi connectivity index (χ1) is 12.6. The van der Waals surface area contributed by atoms with Gasteiger partial charge in [-0.25, -0.2) is 0 Å². The van der Waals surface area contributed by atoms with Crippen molar-refractivity contribution in [2.45, 2.75) is 25.8 Å². The molecule has 1 aliphatic heterocycles. The summed E-state index contributed by atoms with van der Waals surface area (Å²) in [7, 11) is 0. The van der Waals surface area contributed by atoms with Crippen LogP contribution < -0.4 is 11.1 Å². The Balaban J connectivity index is 1.67. The van der Waals surface area contributed by atoms with Gasteiger partial charge >= 0.3 is 0 Å². The Labute approximate surface area is 159 Å². The van der Waals surface area contributed by atoms with Crippen molar-refractivity contribution < 1.29 is 4.74 Å². The Morgan fingerprint density at radius 2 is 2.08 bits per heavy atom. The summed E-state index contributed by atoms with van der Waals surface area (Å²) in [5, 5.41) is 5.35. The van der Waals surface area contributed by atoms with E-state index in [0.29, 0.717) is 18.4 Å². The van der Waals surface area contributed by atoms with E-state index >= 15 is 0 Å². The van der Waals surface area contributed by atoms with Gasteiger partial charge in [-0.1, -0.05) is 32.0 Å². The molecule has 0 aliphatic carbocycles. The number of nitrogens with two attached hydrogens (primary N) is 1. The maximum atomic E-state index is 6.16. The van der Waals surface area contributed by atoms with Crippen LogP contribution in [0.5, 0.6) is 0 Å². The van der Waals surface area contributed by atoms with Gasteiger partial charge < -0.3 is 15.8 Å². The van der Waals surface area contributed by atoms with Crippen molar-refractivity contribution in [1.29, 1.82) is 0 Å². The Morgan fingerprint density at radius 3 is 2.77 bits per heavy atom. The predicted octanol–water partition coefficient (Wildman–Crippen LogP) is 3.67. The van der Waals surface area contributed by atoms with Crippen molar-refractivity contribution >= 4 is 23.0 Å². The SMILES string of the molecule is CC(C)c1cccc(NC(N)=NCC(c2cccs2)N2CCOCC2)c1. The number of benzene rings is 1. The summed E-state index contributed by atoms with van der Waals surface area (Å²) < 4.78 is 5.49. The lowest BCUT2D eigenvalue weighted by atomic mass is 10.0. The topological polar surface area (TPSA) is 62.9 Å². The number of nitrogens with zero attached hydrogens (tertiary/aromatic N) is 2. The lowest BCUT2D eigenvalue weighted by molar-refractivity contribution is 0.0187. The minimum Gasteiger partial charge on any atom is -0.379 e. The predicted molar refractivity (Wildman–Crippen MR) is 110 cm³/mol. The summed E-state index contributed by atoms with van der Waals surface area (Å²) in [6.45, 7) is 8.44. The molecule has 0 amide bonds. The van der Waals surface area contributed by atoms with E-state index in [0.717, 1.165) is 32.0 Å². The third-order valence-electron chi connectivity index (χ3n) is 4.62. The first-order valence-electron chi connectivity index (χ1n) is 9.15. The van der Waals surface area contributed by atoms with Crippen LogP contribution in [0.4, 0.5) is 5.69 Å². The second-order valence-corrected chi connectivity index (χ2v) is 7.79. The van der Waals surface area contributed by atoms with Crippen LogP contribution in [0.25, 0.3) is 0 Å². The van der Waals surface area contributed by atoms with Gasteiger partial charge in [0.1, 0.15) is 0 Å². The molecule has 0 radical (unpaired) electrons. The zero-order valence-electron chi connectivity index (χ0n) is 15.5. The van der Waals surface area contributed by atoms with E-state index in [-0.39, 0.29) is 6.04 Å². The molecule has 5 nitrogen and oxygen atoms in total. The fourth-order valence-corrected chi connectivity index (χ4v) is 3.96. The third-order valence-corrected chi connectivity index (χ3v) is 5.59. The van der Waals surface area contributed by atoms with Crippen LogP contribution in [0.2, 0.25) is 0 Å². The van der Waals surface area contributed by atoms with Gasteiger partial charge in [0.05, 0.1) is 25.8 Å². The molecule has 1 fully saturated rings. The largest absolute Gasteiger partial charge is 0.379 e. The molecular weight excluding hydrogens is 344 g/mol. The summed E-state index contributed by atoms with van der Waals surface area (Å²) in [6, 6.07) is 12.9. The number of nitrogens with one attached hydrogen (secondary N) is 1. The van der Waals surface area contributed by atoms with Crippen molar-refractivity contribution in [3.05, 3.63) is 52.2 Å². The van der Waals surface area contributed by atoms with Crippen molar-refractivity contribution in [3.8, 4) is 0 Å². The van der Waals surface area contributed by atoms with E-state index in [4.69, 9.17) is 10.5 Å². The van der Waals surface area contributed by atoms with Gasteiger partial charge in [-0.3, -0.25) is 9.89 Å². The molecular formula is C20H28N4OS. The molecule has 2 heterocycles. The number of guanidine groups is 1. The number of anilines is 1. The Bertz CT molecular complexity index is 708. The molecule has 2 aromatic rings. The van der Waals surface area contributed by atoms with Crippen LogP contribution in [0.3, 0.4) is 0 Å². The van der Waals surface area contributed by atoms with E-state index in [1.165, 1.54) is 10.4 Å². The lowest BCUT2D eigenvalue weighted by Gasteiger charge is -2.33. The monoisotopic (exact) mass is 372 g/mol.